The van der Waals surface area contributed by atoms with Crippen molar-refractivity contribution >= 4 is 11.9 Å². The van der Waals surface area contributed by atoms with Crippen LogP contribution in [0.3, 0.4) is 0 Å². The van der Waals surface area contributed by atoms with Crippen LogP contribution in [-0.2, 0) is 17.5 Å². The number of pyridine rings is 1. The molecule has 0 fully saturated rings. The molecule has 0 aliphatic rings. The van der Waals surface area contributed by atoms with E-state index in [1.165, 1.54) is 0 Å². The summed E-state index contributed by atoms with van der Waals surface area (Å²) in [6.45, 7) is 0.759. The Morgan fingerprint density at radius 1 is 1.11 bits per heavy atom. The lowest BCUT2D eigenvalue weighted by molar-refractivity contribution is -0.139. The van der Waals surface area contributed by atoms with Crippen LogP contribution in [0.15, 0.2) is 30.5 Å². The Morgan fingerprint density at radius 2 is 1.81 bits per heavy atom. The molecule has 0 atom stereocenters. The summed E-state index contributed by atoms with van der Waals surface area (Å²) in [6, 6.07) is 2.64. The molecular formula is C16H13F5N4O2. The second kappa shape index (κ2) is 7.98. The monoisotopic (exact) mass is 388 g/mol. The van der Waals surface area contributed by atoms with E-state index in [1.54, 1.807) is 0 Å². The third-order valence-corrected chi connectivity index (χ3v) is 3.29. The molecule has 1 aromatic heterocycles. The van der Waals surface area contributed by atoms with Crippen LogP contribution in [0.4, 0.5) is 26.7 Å². The summed E-state index contributed by atoms with van der Waals surface area (Å²) in [5.74, 6) is -3.01. The first-order chi connectivity index (χ1) is 12.6. The summed E-state index contributed by atoms with van der Waals surface area (Å²) >= 11 is 0. The van der Waals surface area contributed by atoms with Gasteiger partial charge in [0.15, 0.2) is 0 Å². The molecule has 0 radical (unpaired) electrons. The zero-order valence-electron chi connectivity index (χ0n) is 13.7. The number of urea groups is 1. The van der Waals surface area contributed by atoms with E-state index in [-0.39, 0.29) is 11.3 Å². The number of amides is 3. The van der Waals surface area contributed by atoms with Crippen LogP contribution >= 0.6 is 0 Å². The average Bonchev–Trinajstić information content (AvgIpc) is 2.57. The summed E-state index contributed by atoms with van der Waals surface area (Å²) in [7, 11) is 0. The Morgan fingerprint density at radius 3 is 2.41 bits per heavy atom. The number of carbonyl (C=O) groups excluding carboxylic acids is 2. The van der Waals surface area contributed by atoms with Gasteiger partial charge in [-0.1, -0.05) is 12.1 Å². The topological polar surface area (TPSA) is 83.1 Å². The van der Waals surface area contributed by atoms with Crippen molar-refractivity contribution in [2.24, 2.45) is 0 Å². The van der Waals surface area contributed by atoms with Gasteiger partial charge in [0.05, 0.1) is 17.8 Å². The number of benzene rings is 1. The van der Waals surface area contributed by atoms with Crippen molar-refractivity contribution in [3.8, 4) is 11.1 Å². The van der Waals surface area contributed by atoms with Crippen molar-refractivity contribution in [1.82, 2.24) is 21.2 Å². The number of nitrogens with one attached hydrogen (secondary N) is 3. The molecule has 27 heavy (non-hydrogen) atoms. The van der Waals surface area contributed by atoms with Crippen LogP contribution in [0.25, 0.3) is 11.1 Å². The van der Waals surface area contributed by atoms with Gasteiger partial charge < -0.3 is 5.32 Å². The number of rotatable bonds is 3. The molecule has 2 rings (SSSR count). The van der Waals surface area contributed by atoms with Gasteiger partial charge in [-0.2, -0.15) is 13.2 Å². The second-order valence-corrected chi connectivity index (χ2v) is 5.30. The fraction of sp³-hybridized carbons (Fsp3) is 0.188. The Balaban J connectivity index is 2.22. The lowest BCUT2D eigenvalue weighted by Crippen LogP contribution is -2.45. The van der Waals surface area contributed by atoms with E-state index >= 15 is 0 Å². The van der Waals surface area contributed by atoms with E-state index in [0.29, 0.717) is 6.07 Å². The van der Waals surface area contributed by atoms with E-state index in [2.05, 4.69) is 10.3 Å². The van der Waals surface area contributed by atoms with Gasteiger partial charge in [-0.25, -0.2) is 19.0 Å². The minimum absolute atomic E-state index is 0.262. The average molecular weight is 388 g/mol. The van der Waals surface area contributed by atoms with Crippen LogP contribution < -0.4 is 16.2 Å². The van der Waals surface area contributed by atoms with Crippen molar-refractivity contribution in [2.45, 2.75) is 19.6 Å². The number of aromatic nitrogens is 1. The molecule has 0 spiro atoms. The number of nitrogens with zero attached hydrogens (tertiary/aromatic N) is 1. The summed E-state index contributed by atoms with van der Waals surface area (Å²) in [4.78, 5) is 25.7. The van der Waals surface area contributed by atoms with Gasteiger partial charge in [0, 0.05) is 18.7 Å². The molecule has 11 heteroatoms. The van der Waals surface area contributed by atoms with Gasteiger partial charge in [0.1, 0.15) is 11.6 Å². The highest BCUT2D eigenvalue weighted by molar-refractivity contribution is 5.79. The summed E-state index contributed by atoms with van der Waals surface area (Å²) in [6.07, 6.45) is -4.03. The number of hydrogen-bond acceptors (Lipinski definition) is 3. The third kappa shape index (κ3) is 5.12. The van der Waals surface area contributed by atoms with E-state index in [9.17, 15) is 31.5 Å². The molecule has 3 amide bonds. The maximum absolute atomic E-state index is 14.2. The Kier molecular flexibility index (Phi) is 5.93. The SMILES string of the molecule is CC(=O)NNC(=O)NCc1ncc(-c2cccc(F)c2C(F)(F)F)cc1F. The van der Waals surface area contributed by atoms with Gasteiger partial charge in [-0.05, 0) is 17.7 Å². The van der Waals surface area contributed by atoms with Crippen LogP contribution in [0.1, 0.15) is 18.2 Å². The van der Waals surface area contributed by atoms with Crippen molar-refractivity contribution in [3.05, 3.63) is 53.4 Å². The molecule has 1 aromatic carbocycles. The first-order valence-electron chi connectivity index (χ1n) is 7.40. The maximum atomic E-state index is 14.2. The fourth-order valence-corrected chi connectivity index (χ4v) is 2.15. The lowest BCUT2D eigenvalue weighted by atomic mass is 10.00. The summed E-state index contributed by atoms with van der Waals surface area (Å²) in [5, 5.41) is 2.19. The fourth-order valence-electron chi connectivity index (χ4n) is 2.15. The Hall–Kier alpha value is -3.24. The highest BCUT2D eigenvalue weighted by Gasteiger charge is 2.37. The van der Waals surface area contributed by atoms with Gasteiger partial charge >= 0.3 is 12.2 Å². The number of alkyl halides is 3. The van der Waals surface area contributed by atoms with Crippen molar-refractivity contribution in [1.29, 1.82) is 0 Å². The minimum atomic E-state index is -4.97. The van der Waals surface area contributed by atoms with Crippen LogP contribution in [0.5, 0.6) is 0 Å². The smallest absolute Gasteiger partial charge is 0.331 e. The number of hydrazine groups is 1. The molecule has 0 aliphatic carbocycles. The normalized spacial score (nSPS) is 11.0. The van der Waals surface area contributed by atoms with Gasteiger partial charge in [0.2, 0.25) is 5.91 Å². The number of halogens is 5. The molecule has 3 N–H and O–H groups in total. The van der Waals surface area contributed by atoms with E-state index in [4.69, 9.17) is 0 Å². The molecule has 1 heterocycles. The molecule has 2 aromatic rings. The molecule has 0 saturated heterocycles. The second-order valence-electron chi connectivity index (χ2n) is 5.30. The molecule has 144 valence electrons. The largest absolute Gasteiger partial charge is 0.419 e. The predicted octanol–water partition coefficient (Wildman–Crippen LogP) is 2.90. The van der Waals surface area contributed by atoms with Gasteiger partial charge in [-0.15, -0.1) is 0 Å². The molecule has 0 saturated carbocycles. The lowest BCUT2D eigenvalue weighted by Gasteiger charge is -2.14. The quantitative estimate of drug-likeness (QED) is 0.559. The maximum Gasteiger partial charge on any atom is 0.419 e. The van der Waals surface area contributed by atoms with E-state index < -0.39 is 47.4 Å². The third-order valence-electron chi connectivity index (χ3n) is 3.29. The number of carbonyl (C=O) groups is 2. The van der Waals surface area contributed by atoms with Crippen LogP contribution in [0, 0.1) is 11.6 Å². The van der Waals surface area contributed by atoms with Crippen molar-refractivity contribution in [3.63, 3.8) is 0 Å². The highest BCUT2D eigenvalue weighted by Crippen LogP contribution is 2.38. The molecule has 0 aliphatic heterocycles. The zero-order valence-corrected chi connectivity index (χ0v) is 13.7. The number of hydrogen-bond donors (Lipinski definition) is 3. The minimum Gasteiger partial charge on any atom is -0.331 e. The van der Waals surface area contributed by atoms with Crippen molar-refractivity contribution < 1.29 is 31.5 Å². The van der Waals surface area contributed by atoms with E-state index in [1.807, 2.05) is 10.9 Å². The molecule has 6 nitrogen and oxygen atoms in total. The zero-order chi connectivity index (χ0) is 20.2. The predicted molar refractivity (Wildman–Crippen MR) is 83.8 cm³/mol. The molecular weight excluding hydrogens is 375 g/mol. The molecule has 0 unspecified atom stereocenters. The Labute approximate surface area is 149 Å². The summed E-state index contributed by atoms with van der Waals surface area (Å²) in [5.41, 5.74) is 1.35. The van der Waals surface area contributed by atoms with Gasteiger partial charge in [0.25, 0.3) is 0 Å². The van der Waals surface area contributed by atoms with E-state index in [0.717, 1.165) is 31.3 Å². The van der Waals surface area contributed by atoms with Gasteiger partial charge in [-0.3, -0.25) is 15.2 Å². The molecule has 0 bridgehead atoms. The summed E-state index contributed by atoms with van der Waals surface area (Å²) < 4.78 is 67.0. The highest BCUT2D eigenvalue weighted by atomic mass is 19.4. The standard InChI is InChI=1S/C16H13F5N4O2/c1-8(26)24-25-15(27)23-7-13-12(18)5-9(6-22-13)10-3-2-4-11(17)14(10)16(19,20)21/h2-6H,7H2,1H3,(H,24,26)(H2,23,25,27). The first-order valence-corrected chi connectivity index (χ1v) is 7.40. The Bertz CT molecular complexity index is 870. The first kappa shape index (κ1) is 20.1. The van der Waals surface area contributed by atoms with Crippen LogP contribution in [-0.4, -0.2) is 16.9 Å². The van der Waals surface area contributed by atoms with Crippen molar-refractivity contribution in [2.75, 3.05) is 0 Å². The van der Waals surface area contributed by atoms with Crippen LogP contribution in [0.2, 0.25) is 0 Å².